The van der Waals surface area contributed by atoms with Crippen molar-refractivity contribution >= 4 is 21.9 Å². The average Bonchev–Trinajstić information content (AvgIpc) is 2.72. The van der Waals surface area contributed by atoms with E-state index in [-0.39, 0.29) is 10.5 Å². The third kappa shape index (κ3) is 6.11. The molecule has 0 unspecified atom stereocenters. The number of hydrogen-bond acceptors (Lipinski definition) is 6. The number of hydroxylamine groups is 1. The third-order valence-electron chi connectivity index (χ3n) is 4.28. The molecule has 0 saturated carbocycles. The highest BCUT2D eigenvalue weighted by molar-refractivity contribution is 7.89. The Hall–Kier alpha value is -2.75. The first-order valence-electron chi connectivity index (χ1n) is 8.87. The molecule has 0 saturated heterocycles. The Morgan fingerprint density at radius 2 is 1.83 bits per heavy atom. The van der Waals surface area contributed by atoms with Crippen LogP contribution < -0.4 is 5.32 Å². The Balaban J connectivity index is 1.88. The summed E-state index contributed by atoms with van der Waals surface area (Å²) >= 11 is 0. The zero-order chi connectivity index (χ0) is 21.4. The van der Waals surface area contributed by atoms with Crippen LogP contribution in [0.2, 0.25) is 0 Å². The van der Waals surface area contributed by atoms with Crippen LogP contribution in [0.5, 0.6) is 0 Å². The van der Waals surface area contributed by atoms with Crippen LogP contribution in [-0.2, 0) is 30.8 Å². The zero-order valence-corrected chi connectivity index (χ0v) is 17.4. The Morgan fingerprint density at radius 3 is 2.52 bits per heavy atom. The summed E-state index contributed by atoms with van der Waals surface area (Å²) in [5, 5.41) is 2.69. The molecule has 2 rings (SSSR count). The quantitative estimate of drug-likeness (QED) is 0.489. The van der Waals surface area contributed by atoms with Gasteiger partial charge in [0.15, 0.2) is 6.61 Å². The van der Waals surface area contributed by atoms with Crippen molar-refractivity contribution in [2.45, 2.75) is 18.2 Å². The first kappa shape index (κ1) is 22.5. The van der Waals surface area contributed by atoms with Gasteiger partial charge in [-0.05, 0) is 42.7 Å². The molecule has 0 aliphatic carbocycles. The van der Waals surface area contributed by atoms with Crippen molar-refractivity contribution in [2.75, 3.05) is 27.3 Å². The molecule has 0 bridgehead atoms. The van der Waals surface area contributed by atoms with Gasteiger partial charge in [-0.2, -0.15) is 0 Å². The highest BCUT2D eigenvalue weighted by Crippen LogP contribution is 2.16. The molecule has 2 aromatic carbocycles. The number of benzene rings is 2. The summed E-state index contributed by atoms with van der Waals surface area (Å²) in [7, 11) is -1.44. The van der Waals surface area contributed by atoms with Crippen LogP contribution >= 0.6 is 0 Å². The largest absolute Gasteiger partial charge is 0.452 e. The summed E-state index contributed by atoms with van der Waals surface area (Å²) in [5.41, 5.74) is 2.29. The summed E-state index contributed by atoms with van der Waals surface area (Å²) in [4.78, 5) is 28.6. The maximum Gasteiger partial charge on any atom is 0.338 e. The number of hydrogen-bond donors (Lipinski definition) is 1. The smallest absolute Gasteiger partial charge is 0.338 e. The number of ether oxygens (including phenoxy) is 1. The number of amides is 1. The fourth-order valence-corrected chi connectivity index (χ4v) is 3.54. The van der Waals surface area contributed by atoms with Crippen LogP contribution in [0.3, 0.4) is 0 Å². The SMILES string of the molecule is CON(C)S(=O)(=O)c1cccc(C(=O)OCC(=O)NCCc2ccccc2C)c1. The van der Waals surface area contributed by atoms with E-state index in [2.05, 4.69) is 5.32 Å². The third-order valence-corrected chi connectivity index (χ3v) is 5.95. The lowest BCUT2D eigenvalue weighted by Gasteiger charge is -2.14. The van der Waals surface area contributed by atoms with Gasteiger partial charge in [0.25, 0.3) is 15.9 Å². The molecule has 0 heterocycles. The van der Waals surface area contributed by atoms with Gasteiger partial charge < -0.3 is 10.1 Å². The summed E-state index contributed by atoms with van der Waals surface area (Å²) in [5.74, 6) is -1.23. The minimum Gasteiger partial charge on any atom is -0.452 e. The van der Waals surface area contributed by atoms with Gasteiger partial charge in [-0.15, -0.1) is 0 Å². The normalized spacial score (nSPS) is 11.3. The molecular weight excluding hydrogens is 396 g/mol. The van der Waals surface area contributed by atoms with Gasteiger partial charge in [0.2, 0.25) is 0 Å². The predicted octanol–water partition coefficient (Wildman–Crippen LogP) is 1.69. The summed E-state index contributed by atoms with van der Waals surface area (Å²) in [6, 6.07) is 13.2. The standard InChI is InChI=1S/C20H24N2O6S/c1-15-7-4-5-8-16(15)11-12-21-19(23)14-28-20(24)17-9-6-10-18(13-17)29(25,26)22(2)27-3/h4-10,13H,11-12,14H2,1-3H3,(H,21,23). The van der Waals surface area contributed by atoms with Gasteiger partial charge in [0.05, 0.1) is 17.6 Å². The number of nitrogens with one attached hydrogen (secondary N) is 1. The first-order chi connectivity index (χ1) is 13.8. The molecule has 8 nitrogen and oxygen atoms in total. The molecule has 156 valence electrons. The Labute approximate surface area is 170 Å². The van der Waals surface area contributed by atoms with E-state index in [0.29, 0.717) is 17.4 Å². The number of rotatable bonds is 9. The lowest BCUT2D eigenvalue weighted by atomic mass is 10.1. The molecule has 0 atom stereocenters. The van der Waals surface area contributed by atoms with Crippen LogP contribution in [0.25, 0.3) is 0 Å². The monoisotopic (exact) mass is 420 g/mol. The van der Waals surface area contributed by atoms with Crippen LogP contribution in [0.1, 0.15) is 21.5 Å². The Bertz CT molecular complexity index is 974. The molecule has 1 N–H and O–H groups in total. The minimum absolute atomic E-state index is 0.0169. The lowest BCUT2D eigenvalue weighted by Crippen LogP contribution is -2.30. The van der Waals surface area contributed by atoms with E-state index in [0.717, 1.165) is 11.1 Å². The number of sulfonamides is 1. The van der Waals surface area contributed by atoms with Gasteiger partial charge in [0.1, 0.15) is 0 Å². The van der Waals surface area contributed by atoms with Crippen molar-refractivity contribution in [3.05, 3.63) is 65.2 Å². The zero-order valence-electron chi connectivity index (χ0n) is 16.5. The van der Waals surface area contributed by atoms with Gasteiger partial charge >= 0.3 is 5.97 Å². The van der Waals surface area contributed by atoms with Crippen molar-refractivity contribution in [3.8, 4) is 0 Å². The summed E-state index contributed by atoms with van der Waals surface area (Å²) in [6.45, 7) is 1.96. The second kappa shape index (κ2) is 10.1. The van der Waals surface area contributed by atoms with Crippen LogP contribution in [0, 0.1) is 6.92 Å². The van der Waals surface area contributed by atoms with Crippen LogP contribution in [0.4, 0.5) is 0 Å². The molecule has 0 spiro atoms. The molecular formula is C20H24N2O6S. The van der Waals surface area contributed by atoms with Crippen molar-refractivity contribution in [1.29, 1.82) is 0 Å². The highest BCUT2D eigenvalue weighted by atomic mass is 32.2. The molecule has 0 aliphatic rings. The second-order valence-electron chi connectivity index (χ2n) is 6.23. The number of carbonyl (C=O) groups is 2. The highest BCUT2D eigenvalue weighted by Gasteiger charge is 2.22. The van der Waals surface area contributed by atoms with Crippen molar-refractivity contribution in [3.63, 3.8) is 0 Å². The van der Waals surface area contributed by atoms with Crippen molar-refractivity contribution in [1.82, 2.24) is 9.79 Å². The van der Waals surface area contributed by atoms with Gasteiger partial charge in [-0.25, -0.2) is 13.2 Å². The van der Waals surface area contributed by atoms with E-state index in [1.54, 1.807) is 0 Å². The first-order valence-corrected chi connectivity index (χ1v) is 10.3. The topological polar surface area (TPSA) is 102 Å². The van der Waals surface area contributed by atoms with E-state index in [9.17, 15) is 18.0 Å². The van der Waals surface area contributed by atoms with Crippen molar-refractivity contribution < 1.29 is 27.6 Å². The molecule has 0 aliphatic heterocycles. The van der Waals surface area contributed by atoms with Gasteiger partial charge in [-0.3, -0.25) is 9.63 Å². The Kier molecular flexibility index (Phi) is 7.89. The molecule has 0 fully saturated rings. The molecule has 1 amide bonds. The van der Waals surface area contributed by atoms with E-state index >= 15 is 0 Å². The number of carbonyl (C=O) groups excluding carboxylic acids is 2. The van der Waals surface area contributed by atoms with Gasteiger partial charge in [-0.1, -0.05) is 34.8 Å². The lowest BCUT2D eigenvalue weighted by molar-refractivity contribution is -0.124. The molecule has 0 radical (unpaired) electrons. The summed E-state index contributed by atoms with van der Waals surface area (Å²) < 4.78 is 30.2. The molecule has 9 heteroatoms. The predicted molar refractivity (Wildman–Crippen MR) is 107 cm³/mol. The second-order valence-corrected chi connectivity index (χ2v) is 8.16. The molecule has 2 aromatic rings. The maximum atomic E-state index is 12.2. The number of nitrogens with zero attached hydrogens (tertiary/aromatic N) is 1. The number of esters is 1. The van der Waals surface area contributed by atoms with E-state index in [1.807, 2.05) is 31.2 Å². The van der Waals surface area contributed by atoms with Crippen LogP contribution in [-0.4, -0.2) is 52.1 Å². The van der Waals surface area contributed by atoms with Gasteiger partial charge in [0, 0.05) is 13.6 Å². The number of aryl methyl sites for hydroxylation is 1. The van der Waals surface area contributed by atoms with E-state index < -0.39 is 28.5 Å². The van der Waals surface area contributed by atoms with Crippen molar-refractivity contribution in [2.24, 2.45) is 0 Å². The minimum atomic E-state index is -3.89. The molecule has 29 heavy (non-hydrogen) atoms. The van der Waals surface area contributed by atoms with E-state index in [1.165, 1.54) is 38.4 Å². The fourth-order valence-electron chi connectivity index (χ4n) is 2.52. The molecule has 0 aromatic heterocycles. The Morgan fingerprint density at radius 1 is 1.10 bits per heavy atom. The summed E-state index contributed by atoms with van der Waals surface area (Å²) in [6.07, 6.45) is 0.666. The van der Waals surface area contributed by atoms with Crippen LogP contribution in [0.15, 0.2) is 53.4 Å². The van der Waals surface area contributed by atoms with E-state index in [4.69, 9.17) is 9.57 Å². The fraction of sp³-hybridized carbons (Fsp3) is 0.300. The average molecular weight is 420 g/mol. The maximum absolute atomic E-state index is 12.2.